The molecule has 1 aromatic carbocycles. The van der Waals surface area contributed by atoms with Crippen molar-refractivity contribution in [1.29, 1.82) is 0 Å². The van der Waals surface area contributed by atoms with Crippen molar-refractivity contribution in [2.24, 2.45) is 0 Å². The Morgan fingerprint density at radius 3 is 2.88 bits per heavy atom. The summed E-state index contributed by atoms with van der Waals surface area (Å²) in [7, 11) is 0. The van der Waals surface area contributed by atoms with Crippen molar-refractivity contribution in [2.75, 3.05) is 5.75 Å². The predicted octanol–water partition coefficient (Wildman–Crippen LogP) is 4.47. The van der Waals surface area contributed by atoms with Gasteiger partial charge in [-0.2, -0.15) is 0 Å². The molecule has 92 valence electrons. The van der Waals surface area contributed by atoms with Crippen LogP contribution in [0.5, 0.6) is 0 Å². The number of hydrogen-bond donors (Lipinski definition) is 0. The Bertz CT molecular complexity index is 443. The van der Waals surface area contributed by atoms with E-state index in [4.69, 9.17) is 11.6 Å². The van der Waals surface area contributed by atoms with Gasteiger partial charge in [-0.25, -0.2) is 4.39 Å². The van der Waals surface area contributed by atoms with Crippen LogP contribution in [0.4, 0.5) is 4.39 Å². The van der Waals surface area contributed by atoms with Gasteiger partial charge in [0, 0.05) is 23.3 Å². The van der Waals surface area contributed by atoms with Crippen LogP contribution >= 0.6 is 23.4 Å². The fraction of sp³-hybridized carbons (Fsp3) is 0.308. The third-order valence-corrected chi connectivity index (χ3v) is 3.42. The number of aryl methyl sites for hydroxylation is 1. The van der Waals surface area contributed by atoms with Crippen LogP contribution in [0.3, 0.4) is 0 Å². The monoisotopic (exact) mass is 272 g/mol. The van der Waals surface area contributed by atoms with E-state index in [9.17, 15) is 9.18 Å². The Kier molecular flexibility index (Phi) is 5.72. The second-order valence-electron chi connectivity index (χ2n) is 3.65. The molecule has 1 rings (SSSR count). The fourth-order valence-electron chi connectivity index (χ4n) is 1.27. The Hall–Kier alpha value is -0.800. The van der Waals surface area contributed by atoms with E-state index < -0.39 is 0 Å². The highest BCUT2D eigenvalue weighted by Gasteiger charge is 2.02. The Morgan fingerprint density at radius 2 is 2.24 bits per heavy atom. The van der Waals surface area contributed by atoms with E-state index in [0.717, 1.165) is 12.0 Å². The van der Waals surface area contributed by atoms with Gasteiger partial charge < -0.3 is 0 Å². The third-order valence-electron chi connectivity index (χ3n) is 2.17. The van der Waals surface area contributed by atoms with Crippen LogP contribution in [0.1, 0.15) is 24.5 Å². The van der Waals surface area contributed by atoms with Gasteiger partial charge in [0.15, 0.2) is 5.12 Å². The maximum atomic E-state index is 13.5. The number of carbonyl (C=O) groups is 1. The fourth-order valence-corrected chi connectivity index (χ4v) is 1.98. The zero-order chi connectivity index (χ0) is 12.8. The summed E-state index contributed by atoms with van der Waals surface area (Å²) in [5.41, 5.74) is 1.21. The van der Waals surface area contributed by atoms with Gasteiger partial charge in [-0.3, -0.25) is 4.79 Å². The van der Waals surface area contributed by atoms with Gasteiger partial charge in [0.2, 0.25) is 0 Å². The maximum Gasteiger partial charge on any atom is 0.185 e. The molecule has 0 aliphatic carbocycles. The predicted molar refractivity (Wildman–Crippen MR) is 72.9 cm³/mol. The SMILES string of the molecule is CC(=O)SCCC=Cc1cc(Cl)c(C)cc1F. The second-order valence-corrected chi connectivity index (χ2v) is 5.33. The minimum absolute atomic E-state index is 0.1000. The van der Waals surface area contributed by atoms with Gasteiger partial charge in [-0.05, 0) is 31.0 Å². The van der Waals surface area contributed by atoms with E-state index in [0.29, 0.717) is 16.3 Å². The van der Waals surface area contributed by atoms with Crippen LogP contribution in [-0.2, 0) is 4.79 Å². The number of rotatable bonds is 4. The Balaban J connectivity index is 2.59. The summed E-state index contributed by atoms with van der Waals surface area (Å²) >= 11 is 7.18. The van der Waals surface area contributed by atoms with Gasteiger partial charge in [0.05, 0.1) is 0 Å². The molecule has 0 aliphatic rings. The summed E-state index contributed by atoms with van der Waals surface area (Å²) < 4.78 is 13.5. The lowest BCUT2D eigenvalue weighted by Gasteiger charge is -2.01. The van der Waals surface area contributed by atoms with Crippen molar-refractivity contribution >= 4 is 34.6 Å². The second kappa shape index (κ2) is 6.82. The van der Waals surface area contributed by atoms with Gasteiger partial charge in [0.1, 0.15) is 5.82 Å². The lowest BCUT2D eigenvalue weighted by molar-refractivity contribution is -0.109. The molecule has 0 radical (unpaired) electrons. The Morgan fingerprint density at radius 1 is 1.53 bits per heavy atom. The van der Waals surface area contributed by atoms with Crippen LogP contribution in [0.15, 0.2) is 18.2 Å². The van der Waals surface area contributed by atoms with Crippen LogP contribution in [0.2, 0.25) is 5.02 Å². The summed E-state index contributed by atoms with van der Waals surface area (Å²) in [4.78, 5) is 10.7. The molecule has 0 aliphatic heterocycles. The van der Waals surface area contributed by atoms with Gasteiger partial charge in [-0.15, -0.1) is 0 Å². The van der Waals surface area contributed by atoms with Crippen LogP contribution in [0.25, 0.3) is 6.08 Å². The molecule has 0 spiro atoms. The molecule has 0 N–H and O–H groups in total. The minimum atomic E-state index is -0.276. The highest BCUT2D eigenvalue weighted by atomic mass is 35.5. The molecular formula is C13H14ClFOS. The quantitative estimate of drug-likeness (QED) is 0.752. The smallest absolute Gasteiger partial charge is 0.185 e. The van der Waals surface area contributed by atoms with E-state index >= 15 is 0 Å². The largest absolute Gasteiger partial charge is 0.288 e. The molecule has 1 nitrogen and oxygen atoms in total. The standard InChI is InChI=1S/C13H14ClFOS/c1-9-7-13(15)11(8-12(9)14)5-3-4-6-17-10(2)16/h3,5,7-8H,4,6H2,1-2H3. The van der Waals surface area contributed by atoms with Crippen LogP contribution < -0.4 is 0 Å². The van der Waals surface area contributed by atoms with E-state index in [1.165, 1.54) is 24.8 Å². The molecule has 0 bridgehead atoms. The zero-order valence-electron chi connectivity index (χ0n) is 9.80. The van der Waals surface area contributed by atoms with E-state index in [2.05, 4.69) is 0 Å². The van der Waals surface area contributed by atoms with Crippen molar-refractivity contribution in [1.82, 2.24) is 0 Å². The topological polar surface area (TPSA) is 17.1 Å². The molecular weight excluding hydrogens is 259 g/mol. The average Bonchev–Trinajstić information content (AvgIpc) is 2.24. The molecule has 0 fully saturated rings. The van der Waals surface area contributed by atoms with Crippen LogP contribution in [0, 0.1) is 12.7 Å². The van der Waals surface area contributed by atoms with Gasteiger partial charge >= 0.3 is 0 Å². The maximum absolute atomic E-state index is 13.5. The molecule has 0 heterocycles. The van der Waals surface area contributed by atoms with Crippen molar-refractivity contribution in [2.45, 2.75) is 20.3 Å². The van der Waals surface area contributed by atoms with Crippen molar-refractivity contribution in [3.8, 4) is 0 Å². The third kappa shape index (κ3) is 4.92. The van der Waals surface area contributed by atoms with E-state index in [1.54, 1.807) is 19.1 Å². The minimum Gasteiger partial charge on any atom is -0.288 e. The highest BCUT2D eigenvalue weighted by Crippen LogP contribution is 2.21. The number of hydrogen-bond acceptors (Lipinski definition) is 2. The number of benzene rings is 1. The molecule has 0 atom stereocenters. The first-order chi connectivity index (χ1) is 8.00. The number of thioether (sulfide) groups is 1. The molecule has 1 aromatic rings. The number of halogens is 2. The summed E-state index contributed by atoms with van der Waals surface area (Å²) in [6.45, 7) is 3.30. The summed E-state index contributed by atoms with van der Waals surface area (Å²) in [6.07, 6.45) is 4.27. The normalized spacial score (nSPS) is 11.1. The molecule has 0 amide bonds. The highest BCUT2D eigenvalue weighted by molar-refractivity contribution is 8.13. The zero-order valence-corrected chi connectivity index (χ0v) is 11.4. The average molecular weight is 273 g/mol. The Labute approximate surface area is 110 Å². The molecule has 17 heavy (non-hydrogen) atoms. The summed E-state index contributed by atoms with van der Waals surface area (Å²) in [5, 5.41) is 0.659. The molecule has 4 heteroatoms. The first-order valence-electron chi connectivity index (χ1n) is 5.26. The molecule has 0 saturated heterocycles. The van der Waals surface area contributed by atoms with Gasteiger partial charge in [0.25, 0.3) is 0 Å². The van der Waals surface area contributed by atoms with Crippen LogP contribution in [-0.4, -0.2) is 10.9 Å². The lowest BCUT2D eigenvalue weighted by atomic mass is 10.1. The molecule has 0 aromatic heterocycles. The summed E-state index contributed by atoms with van der Waals surface area (Å²) in [5.74, 6) is 0.440. The number of allylic oxidation sites excluding steroid dienone is 1. The van der Waals surface area contributed by atoms with Crippen molar-refractivity contribution in [3.05, 3.63) is 40.2 Å². The van der Waals surface area contributed by atoms with E-state index in [-0.39, 0.29) is 10.9 Å². The summed E-state index contributed by atoms with van der Waals surface area (Å²) in [6, 6.07) is 3.03. The first kappa shape index (κ1) is 14.3. The first-order valence-corrected chi connectivity index (χ1v) is 6.62. The number of carbonyl (C=O) groups excluding carboxylic acids is 1. The van der Waals surface area contributed by atoms with E-state index in [1.807, 2.05) is 6.08 Å². The molecule has 0 unspecified atom stereocenters. The van der Waals surface area contributed by atoms with Crippen molar-refractivity contribution < 1.29 is 9.18 Å². The molecule has 0 saturated carbocycles. The lowest BCUT2D eigenvalue weighted by Crippen LogP contribution is -1.86. The van der Waals surface area contributed by atoms with Crippen molar-refractivity contribution in [3.63, 3.8) is 0 Å². The van der Waals surface area contributed by atoms with Gasteiger partial charge in [-0.1, -0.05) is 35.5 Å².